The van der Waals surface area contributed by atoms with Crippen molar-refractivity contribution in [2.24, 2.45) is 0 Å². The summed E-state index contributed by atoms with van der Waals surface area (Å²) >= 11 is 4.60. The molecule has 1 N–H and O–H groups in total. The molecule has 0 saturated carbocycles. The third kappa shape index (κ3) is 4.69. The second-order valence-electron chi connectivity index (χ2n) is 5.22. The number of nitrogens with zero attached hydrogens (tertiary/aromatic N) is 3. The average molecular weight is 425 g/mol. The van der Waals surface area contributed by atoms with Crippen molar-refractivity contribution in [1.29, 1.82) is 5.26 Å². The number of carbonyl (C=O) groups is 1. The molecule has 0 fully saturated rings. The average Bonchev–Trinajstić information content (AvgIpc) is 2.67. The molecule has 3 aromatic rings. The molecule has 0 aliphatic heterocycles. The van der Waals surface area contributed by atoms with Gasteiger partial charge in [-0.1, -0.05) is 39.8 Å². The SMILES string of the molecule is N#Cc1ccc(-c2ccccn2)nc1SCC(=O)Nc1cccc(Br)c1. The lowest BCUT2D eigenvalue weighted by Gasteiger charge is -2.07. The Bertz CT molecular complexity index is 973. The molecule has 128 valence electrons. The second kappa shape index (κ2) is 8.61. The molecule has 1 aromatic carbocycles. The van der Waals surface area contributed by atoms with Crippen molar-refractivity contribution in [2.75, 3.05) is 11.1 Å². The summed E-state index contributed by atoms with van der Waals surface area (Å²) in [5, 5.41) is 12.6. The summed E-state index contributed by atoms with van der Waals surface area (Å²) in [5.41, 5.74) is 2.53. The molecule has 7 heteroatoms. The molecule has 2 aromatic heterocycles. The van der Waals surface area contributed by atoms with Crippen LogP contribution < -0.4 is 5.32 Å². The lowest BCUT2D eigenvalue weighted by atomic mass is 10.2. The van der Waals surface area contributed by atoms with E-state index in [-0.39, 0.29) is 11.7 Å². The highest BCUT2D eigenvalue weighted by molar-refractivity contribution is 9.10. The monoisotopic (exact) mass is 424 g/mol. The zero-order chi connectivity index (χ0) is 18.4. The highest BCUT2D eigenvalue weighted by atomic mass is 79.9. The van der Waals surface area contributed by atoms with Gasteiger partial charge < -0.3 is 5.32 Å². The molecule has 0 spiro atoms. The maximum Gasteiger partial charge on any atom is 0.234 e. The van der Waals surface area contributed by atoms with Crippen LogP contribution in [0.5, 0.6) is 0 Å². The second-order valence-corrected chi connectivity index (χ2v) is 7.10. The van der Waals surface area contributed by atoms with E-state index in [0.29, 0.717) is 22.0 Å². The molecule has 0 unspecified atom stereocenters. The molecule has 1 amide bonds. The third-order valence-electron chi connectivity index (χ3n) is 3.36. The first-order chi connectivity index (χ1) is 12.7. The van der Waals surface area contributed by atoms with Crippen LogP contribution in [0.2, 0.25) is 0 Å². The summed E-state index contributed by atoms with van der Waals surface area (Å²) in [6, 6.07) is 18.5. The molecule has 26 heavy (non-hydrogen) atoms. The Morgan fingerprint density at radius 2 is 2.04 bits per heavy atom. The third-order valence-corrected chi connectivity index (χ3v) is 4.84. The molecule has 5 nitrogen and oxygen atoms in total. The number of amides is 1. The topological polar surface area (TPSA) is 78.7 Å². The van der Waals surface area contributed by atoms with Crippen LogP contribution in [-0.4, -0.2) is 21.6 Å². The van der Waals surface area contributed by atoms with Gasteiger partial charge in [0.2, 0.25) is 5.91 Å². The van der Waals surface area contributed by atoms with Crippen molar-refractivity contribution in [3.8, 4) is 17.5 Å². The number of benzene rings is 1. The van der Waals surface area contributed by atoms with Gasteiger partial charge in [0.25, 0.3) is 0 Å². The Morgan fingerprint density at radius 3 is 2.77 bits per heavy atom. The quantitative estimate of drug-likeness (QED) is 0.609. The minimum absolute atomic E-state index is 0.153. The van der Waals surface area contributed by atoms with Gasteiger partial charge in [0.15, 0.2) is 0 Å². The first-order valence-corrected chi connectivity index (χ1v) is 9.44. The Labute approximate surface area is 163 Å². The van der Waals surface area contributed by atoms with E-state index in [1.807, 2.05) is 42.5 Å². The van der Waals surface area contributed by atoms with E-state index in [2.05, 4.69) is 37.3 Å². The standard InChI is InChI=1S/C19H13BrN4OS/c20-14-4-3-5-15(10-14)23-18(25)12-26-19-13(11-21)7-8-17(24-19)16-6-1-2-9-22-16/h1-10H,12H2,(H,23,25). The molecule has 0 saturated heterocycles. The van der Waals surface area contributed by atoms with Crippen LogP contribution in [-0.2, 0) is 4.79 Å². The number of halogens is 1. The first kappa shape index (κ1) is 18.1. The van der Waals surface area contributed by atoms with Crippen LogP contribution in [0.25, 0.3) is 11.4 Å². The van der Waals surface area contributed by atoms with Gasteiger partial charge in [-0.05, 0) is 42.5 Å². The molecule has 0 atom stereocenters. The minimum atomic E-state index is -0.165. The number of aromatic nitrogens is 2. The first-order valence-electron chi connectivity index (χ1n) is 7.66. The predicted molar refractivity (Wildman–Crippen MR) is 106 cm³/mol. The number of rotatable bonds is 5. The summed E-state index contributed by atoms with van der Waals surface area (Å²) in [4.78, 5) is 20.9. The summed E-state index contributed by atoms with van der Waals surface area (Å²) < 4.78 is 0.888. The van der Waals surface area contributed by atoms with E-state index < -0.39 is 0 Å². The van der Waals surface area contributed by atoms with Crippen molar-refractivity contribution in [3.05, 3.63) is 70.8 Å². The number of nitrogens with one attached hydrogen (secondary N) is 1. The van der Waals surface area contributed by atoms with E-state index >= 15 is 0 Å². The zero-order valence-corrected chi connectivity index (χ0v) is 15.9. The van der Waals surface area contributed by atoms with Gasteiger partial charge in [-0.3, -0.25) is 9.78 Å². The number of nitriles is 1. The maximum absolute atomic E-state index is 12.2. The smallest absolute Gasteiger partial charge is 0.234 e. The summed E-state index contributed by atoms with van der Waals surface area (Å²) in [5.74, 6) is -0.0121. The number of carbonyl (C=O) groups excluding carboxylic acids is 1. The fourth-order valence-electron chi connectivity index (χ4n) is 2.19. The lowest BCUT2D eigenvalue weighted by Crippen LogP contribution is -2.14. The number of hydrogen-bond acceptors (Lipinski definition) is 5. The van der Waals surface area contributed by atoms with E-state index in [1.165, 1.54) is 11.8 Å². The molecule has 3 rings (SSSR count). The van der Waals surface area contributed by atoms with Crippen LogP contribution >= 0.6 is 27.7 Å². The normalized spacial score (nSPS) is 10.2. The maximum atomic E-state index is 12.2. The minimum Gasteiger partial charge on any atom is -0.325 e. The zero-order valence-electron chi connectivity index (χ0n) is 13.5. The number of hydrogen-bond donors (Lipinski definition) is 1. The van der Waals surface area contributed by atoms with Gasteiger partial charge in [0, 0.05) is 16.4 Å². The fourth-order valence-corrected chi connectivity index (χ4v) is 3.36. The number of pyridine rings is 2. The highest BCUT2D eigenvalue weighted by Crippen LogP contribution is 2.24. The Kier molecular flexibility index (Phi) is 6.00. The van der Waals surface area contributed by atoms with E-state index in [1.54, 1.807) is 18.3 Å². The van der Waals surface area contributed by atoms with Gasteiger partial charge in [0.05, 0.1) is 22.7 Å². The largest absolute Gasteiger partial charge is 0.325 e. The molecular weight excluding hydrogens is 412 g/mol. The molecule has 0 aliphatic carbocycles. The summed E-state index contributed by atoms with van der Waals surface area (Å²) in [7, 11) is 0. The Morgan fingerprint density at radius 1 is 1.15 bits per heavy atom. The Balaban J connectivity index is 1.72. The van der Waals surface area contributed by atoms with Gasteiger partial charge in [-0.15, -0.1) is 0 Å². The van der Waals surface area contributed by atoms with E-state index in [9.17, 15) is 10.1 Å². The summed E-state index contributed by atoms with van der Waals surface area (Å²) in [6.07, 6.45) is 1.69. The summed E-state index contributed by atoms with van der Waals surface area (Å²) in [6.45, 7) is 0. The van der Waals surface area contributed by atoms with Crippen molar-refractivity contribution in [1.82, 2.24) is 9.97 Å². The fraction of sp³-hybridized carbons (Fsp3) is 0.0526. The van der Waals surface area contributed by atoms with Crippen molar-refractivity contribution >= 4 is 39.3 Å². The van der Waals surface area contributed by atoms with Crippen LogP contribution in [0, 0.1) is 11.3 Å². The van der Waals surface area contributed by atoms with Crippen LogP contribution in [0.4, 0.5) is 5.69 Å². The van der Waals surface area contributed by atoms with Crippen LogP contribution in [0.15, 0.2) is 70.3 Å². The highest BCUT2D eigenvalue weighted by Gasteiger charge is 2.11. The van der Waals surface area contributed by atoms with Gasteiger partial charge in [-0.2, -0.15) is 5.26 Å². The van der Waals surface area contributed by atoms with Gasteiger partial charge in [-0.25, -0.2) is 4.98 Å². The van der Waals surface area contributed by atoms with E-state index in [4.69, 9.17) is 0 Å². The van der Waals surface area contributed by atoms with Crippen LogP contribution in [0.3, 0.4) is 0 Å². The van der Waals surface area contributed by atoms with E-state index in [0.717, 1.165) is 10.2 Å². The van der Waals surface area contributed by atoms with Gasteiger partial charge in [0.1, 0.15) is 11.1 Å². The number of anilines is 1. The molecule has 0 aliphatic rings. The predicted octanol–water partition coefficient (Wildman–Crippen LogP) is 4.51. The molecule has 2 heterocycles. The van der Waals surface area contributed by atoms with Crippen molar-refractivity contribution in [2.45, 2.75) is 5.03 Å². The van der Waals surface area contributed by atoms with Crippen molar-refractivity contribution in [3.63, 3.8) is 0 Å². The molecule has 0 bridgehead atoms. The molecule has 0 radical (unpaired) electrons. The Hall–Kier alpha value is -2.69. The van der Waals surface area contributed by atoms with Crippen molar-refractivity contribution < 1.29 is 4.79 Å². The van der Waals surface area contributed by atoms with Crippen LogP contribution in [0.1, 0.15) is 5.56 Å². The lowest BCUT2D eigenvalue weighted by molar-refractivity contribution is -0.113. The molecular formula is C19H13BrN4OS. The number of thioether (sulfide) groups is 1. The van der Waals surface area contributed by atoms with Gasteiger partial charge >= 0.3 is 0 Å².